The van der Waals surface area contributed by atoms with Crippen molar-refractivity contribution in [1.29, 1.82) is 0 Å². The lowest BCUT2D eigenvalue weighted by Gasteiger charge is -2.18. The minimum Gasteiger partial charge on any atom is -0.310 e. The predicted molar refractivity (Wildman–Crippen MR) is 90.8 cm³/mol. The van der Waals surface area contributed by atoms with Gasteiger partial charge in [0.2, 0.25) is 10.0 Å². The number of sulfonamides is 1. The van der Waals surface area contributed by atoms with Crippen LogP contribution in [0.15, 0.2) is 27.6 Å². The summed E-state index contributed by atoms with van der Waals surface area (Å²) in [5, 5.41) is 3.32. The minimum atomic E-state index is -3.42. The molecule has 0 atom stereocenters. The molecule has 0 heterocycles. The number of benzene rings is 1. The third-order valence-electron chi connectivity index (χ3n) is 3.23. The summed E-state index contributed by atoms with van der Waals surface area (Å²) in [7, 11) is -1.79. The Morgan fingerprint density at radius 2 is 2.00 bits per heavy atom. The third-order valence-corrected chi connectivity index (χ3v) is 6.06. The molecule has 0 aliphatic rings. The normalized spacial score (nSPS) is 12.3. The molecule has 1 aromatic rings. The number of nitrogens with zero attached hydrogens (tertiary/aromatic N) is 1. The van der Waals surface area contributed by atoms with Gasteiger partial charge < -0.3 is 5.32 Å². The van der Waals surface area contributed by atoms with Crippen LogP contribution in [0.1, 0.15) is 39.2 Å². The molecule has 1 aromatic carbocycles. The molecule has 0 fully saturated rings. The summed E-state index contributed by atoms with van der Waals surface area (Å²) in [4.78, 5) is 0.328. The summed E-state index contributed by atoms with van der Waals surface area (Å²) in [5.41, 5.74) is 1.06. The number of rotatable bonds is 8. The maximum Gasteiger partial charge on any atom is 0.243 e. The molecule has 1 N–H and O–H groups in total. The van der Waals surface area contributed by atoms with Gasteiger partial charge in [0.05, 0.1) is 4.90 Å². The average Bonchev–Trinajstić information content (AvgIpc) is 2.42. The first-order valence-corrected chi connectivity index (χ1v) is 9.50. The topological polar surface area (TPSA) is 49.4 Å². The standard InChI is InChI=1S/C15H25BrN2O2S/c1-5-6-9-18(4)21(19,20)15-8-7-13(10-14(15)16)11-17-12(2)3/h7-8,10,12,17H,5-6,9,11H2,1-4H3. The average molecular weight is 377 g/mol. The van der Waals surface area contributed by atoms with Crippen molar-refractivity contribution in [2.75, 3.05) is 13.6 Å². The van der Waals surface area contributed by atoms with Crippen LogP contribution < -0.4 is 5.32 Å². The second-order valence-corrected chi connectivity index (χ2v) is 8.35. The van der Waals surface area contributed by atoms with Gasteiger partial charge in [-0.15, -0.1) is 0 Å². The molecule has 0 saturated carbocycles. The van der Waals surface area contributed by atoms with Gasteiger partial charge >= 0.3 is 0 Å². The van der Waals surface area contributed by atoms with Gasteiger partial charge in [-0.25, -0.2) is 12.7 Å². The van der Waals surface area contributed by atoms with E-state index in [4.69, 9.17) is 0 Å². The lowest BCUT2D eigenvalue weighted by atomic mass is 10.2. The maximum atomic E-state index is 12.5. The van der Waals surface area contributed by atoms with Crippen LogP contribution in [0.5, 0.6) is 0 Å². The quantitative estimate of drug-likeness (QED) is 0.756. The van der Waals surface area contributed by atoms with Gasteiger partial charge in [-0.05, 0) is 40.0 Å². The Hall–Kier alpha value is -0.430. The van der Waals surface area contributed by atoms with Crippen LogP contribution in [0.3, 0.4) is 0 Å². The van der Waals surface area contributed by atoms with Crippen LogP contribution in [0, 0.1) is 0 Å². The molecule has 0 saturated heterocycles. The molecule has 0 bridgehead atoms. The molecular formula is C15H25BrN2O2S. The van der Waals surface area contributed by atoms with Gasteiger partial charge in [0.25, 0.3) is 0 Å². The van der Waals surface area contributed by atoms with Crippen molar-refractivity contribution in [2.24, 2.45) is 0 Å². The van der Waals surface area contributed by atoms with E-state index in [1.807, 2.05) is 19.1 Å². The number of unbranched alkanes of at least 4 members (excludes halogenated alkanes) is 1. The highest BCUT2D eigenvalue weighted by molar-refractivity contribution is 9.10. The lowest BCUT2D eigenvalue weighted by molar-refractivity contribution is 0.459. The van der Waals surface area contributed by atoms with Crippen molar-refractivity contribution in [2.45, 2.75) is 51.1 Å². The van der Waals surface area contributed by atoms with E-state index in [1.54, 1.807) is 13.1 Å². The molecule has 4 nitrogen and oxygen atoms in total. The monoisotopic (exact) mass is 376 g/mol. The molecule has 0 radical (unpaired) electrons. The summed E-state index contributed by atoms with van der Waals surface area (Å²) >= 11 is 3.39. The minimum absolute atomic E-state index is 0.328. The first-order valence-electron chi connectivity index (χ1n) is 7.27. The van der Waals surface area contributed by atoms with E-state index in [1.165, 1.54) is 4.31 Å². The largest absolute Gasteiger partial charge is 0.310 e. The van der Waals surface area contributed by atoms with Crippen LogP contribution in [0.25, 0.3) is 0 Å². The van der Waals surface area contributed by atoms with E-state index in [2.05, 4.69) is 35.1 Å². The van der Waals surface area contributed by atoms with Gasteiger partial charge in [-0.1, -0.05) is 33.3 Å². The molecule has 0 aromatic heterocycles. The highest BCUT2D eigenvalue weighted by Crippen LogP contribution is 2.26. The summed E-state index contributed by atoms with van der Waals surface area (Å²) < 4.78 is 27.1. The molecule has 6 heteroatoms. The van der Waals surface area contributed by atoms with Crippen molar-refractivity contribution in [3.8, 4) is 0 Å². The molecule has 0 amide bonds. The van der Waals surface area contributed by atoms with Gasteiger partial charge in [0.1, 0.15) is 0 Å². The first-order chi connectivity index (χ1) is 9.78. The number of nitrogens with one attached hydrogen (secondary N) is 1. The Labute approximate surface area is 137 Å². The van der Waals surface area contributed by atoms with Crippen molar-refractivity contribution in [1.82, 2.24) is 9.62 Å². The Bertz CT molecular complexity index is 559. The molecule has 0 unspecified atom stereocenters. The highest BCUT2D eigenvalue weighted by Gasteiger charge is 2.22. The van der Waals surface area contributed by atoms with Crippen LogP contribution in [-0.2, 0) is 16.6 Å². The lowest BCUT2D eigenvalue weighted by Crippen LogP contribution is -2.28. The fourth-order valence-corrected chi connectivity index (χ4v) is 4.14. The van der Waals surface area contributed by atoms with Crippen molar-refractivity contribution >= 4 is 26.0 Å². The molecule has 0 spiro atoms. The molecule has 120 valence electrons. The second-order valence-electron chi connectivity index (χ2n) is 5.48. The van der Waals surface area contributed by atoms with Crippen molar-refractivity contribution in [3.63, 3.8) is 0 Å². The van der Waals surface area contributed by atoms with Crippen molar-refractivity contribution < 1.29 is 8.42 Å². The predicted octanol–water partition coefficient (Wildman–Crippen LogP) is 3.37. The Balaban J connectivity index is 2.93. The fourth-order valence-electron chi connectivity index (χ4n) is 1.85. The summed E-state index contributed by atoms with van der Waals surface area (Å²) in [6.45, 7) is 7.48. The van der Waals surface area contributed by atoms with E-state index in [0.717, 1.165) is 24.9 Å². The molecule has 1 rings (SSSR count). The van der Waals surface area contributed by atoms with E-state index in [-0.39, 0.29) is 0 Å². The van der Waals surface area contributed by atoms with Crippen LogP contribution >= 0.6 is 15.9 Å². The zero-order valence-electron chi connectivity index (χ0n) is 13.2. The van der Waals surface area contributed by atoms with E-state index >= 15 is 0 Å². The fraction of sp³-hybridized carbons (Fsp3) is 0.600. The van der Waals surface area contributed by atoms with E-state index < -0.39 is 10.0 Å². The first kappa shape index (κ1) is 18.6. The van der Waals surface area contributed by atoms with Gasteiger partial charge in [0.15, 0.2) is 0 Å². The summed E-state index contributed by atoms with van der Waals surface area (Å²) in [6.07, 6.45) is 1.84. The SMILES string of the molecule is CCCCN(C)S(=O)(=O)c1ccc(CNC(C)C)cc1Br. The van der Waals surface area contributed by atoms with Crippen LogP contribution in [0.4, 0.5) is 0 Å². The smallest absolute Gasteiger partial charge is 0.243 e. The maximum absolute atomic E-state index is 12.5. The number of hydrogen-bond acceptors (Lipinski definition) is 3. The Morgan fingerprint density at radius 1 is 1.33 bits per heavy atom. The third kappa shape index (κ3) is 5.36. The van der Waals surface area contributed by atoms with Gasteiger partial charge in [-0.2, -0.15) is 0 Å². The zero-order chi connectivity index (χ0) is 16.0. The second kappa shape index (κ2) is 8.27. The summed E-state index contributed by atoms with van der Waals surface area (Å²) in [5.74, 6) is 0. The van der Waals surface area contributed by atoms with Gasteiger partial charge in [0, 0.05) is 30.7 Å². The Morgan fingerprint density at radius 3 is 2.52 bits per heavy atom. The van der Waals surface area contributed by atoms with E-state index in [9.17, 15) is 8.42 Å². The van der Waals surface area contributed by atoms with Gasteiger partial charge in [-0.3, -0.25) is 0 Å². The number of hydrogen-bond donors (Lipinski definition) is 1. The molecule has 0 aliphatic carbocycles. The highest BCUT2D eigenvalue weighted by atomic mass is 79.9. The van der Waals surface area contributed by atoms with Crippen LogP contribution in [-0.4, -0.2) is 32.4 Å². The zero-order valence-corrected chi connectivity index (χ0v) is 15.6. The molecule has 0 aliphatic heterocycles. The number of halogens is 1. The van der Waals surface area contributed by atoms with Crippen LogP contribution in [0.2, 0.25) is 0 Å². The van der Waals surface area contributed by atoms with E-state index in [0.29, 0.717) is 22.0 Å². The van der Waals surface area contributed by atoms with Crippen molar-refractivity contribution in [3.05, 3.63) is 28.2 Å². The molecular weight excluding hydrogens is 352 g/mol. The molecule has 21 heavy (non-hydrogen) atoms. The Kier molecular flexibility index (Phi) is 7.33. The summed E-state index contributed by atoms with van der Waals surface area (Å²) in [6, 6.07) is 5.81.